The van der Waals surface area contributed by atoms with E-state index in [1.165, 1.54) is 18.0 Å². The zero-order chi connectivity index (χ0) is 25.8. The molecule has 37 heavy (non-hydrogen) atoms. The van der Waals surface area contributed by atoms with Crippen LogP contribution in [0.25, 0.3) is 0 Å². The number of nitrogens with one attached hydrogen (secondary N) is 2. The molecule has 1 saturated carbocycles. The maximum atomic E-state index is 15.3. The first-order valence-corrected chi connectivity index (χ1v) is 12.6. The van der Waals surface area contributed by atoms with E-state index in [-0.39, 0.29) is 23.8 Å². The molecule has 0 radical (unpaired) electrons. The van der Waals surface area contributed by atoms with Gasteiger partial charge >= 0.3 is 0 Å². The standard InChI is InChI=1S/C29H31FN4O3/c1-37-24-16-34(17-24)15-21-6-3-19(4-7-21)2-5-20-8-11-25(26(30)12-20)22(14-31-23-9-10-23)13-27-28(35)29(36)33-18-32-27/h3-4,6-8,11-12,18,22-24,31,35H,9-10,13-17H2,1H3,(H,32,33,36). The number of rotatable bonds is 9. The molecule has 1 aliphatic carbocycles. The molecule has 5 rings (SSSR count). The first-order valence-electron chi connectivity index (χ1n) is 12.6. The fourth-order valence-corrected chi connectivity index (χ4v) is 4.53. The van der Waals surface area contributed by atoms with Gasteiger partial charge in [-0.15, -0.1) is 0 Å². The number of likely N-dealkylation sites (tertiary alicyclic amines) is 1. The number of benzene rings is 2. The third-order valence-electron chi connectivity index (χ3n) is 6.98. The molecule has 8 heteroatoms. The number of hydrogen-bond acceptors (Lipinski definition) is 6. The Hall–Kier alpha value is -3.51. The summed E-state index contributed by atoms with van der Waals surface area (Å²) >= 11 is 0. The molecule has 2 fully saturated rings. The van der Waals surface area contributed by atoms with Crippen molar-refractivity contribution in [3.8, 4) is 17.6 Å². The van der Waals surface area contributed by atoms with E-state index in [1.807, 2.05) is 18.2 Å². The van der Waals surface area contributed by atoms with E-state index in [1.54, 1.807) is 13.2 Å². The predicted molar refractivity (Wildman–Crippen MR) is 139 cm³/mol. The molecule has 1 unspecified atom stereocenters. The highest BCUT2D eigenvalue weighted by Crippen LogP contribution is 2.27. The van der Waals surface area contributed by atoms with Crippen LogP contribution in [0.15, 0.2) is 53.6 Å². The summed E-state index contributed by atoms with van der Waals surface area (Å²) in [5, 5.41) is 13.6. The Morgan fingerprint density at radius 1 is 1.19 bits per heavy atom. The number of ether oxygens (including phenoxy) is 1. The van der Waals surface area contributed by atoms with Crippen molar-refractivity contribution in [3.05, 3.63) is 92.9 Å². The molecule has 1 saturated heterocycles. The van der Waals surface area contributed by atoms with E-state index in [9.17, 15) is 9.90 Å². The number of nitrogens with zero attached hydrogens (tertiary/aromatic N) is 2. The van der Waals surface area contributed by atoms with Crippen LogP contribution in [0, 0.1) is 17.7 Å². The molecule has 192 valence electrons. The molecular weight excluding hydrogens is 471 g/mol. The molecule has 2 aliphatic rings. The number of aromatic amines is 1. The van der Waals surface area contributed by atoms with Crippen LogP contribution in [-0.4, -0.2) is 58.9 Å². The smallest absolute Gasteiger partial charge is 0.293 e. The van der Waals surface area contributed by atoms with Crippen LogP contribution in [0.2, 0.25) is 0 Å². The van der Waals surface area contributed by atoms with Crippen LogP contribution in [-0.2, 0) is 17.7 Å². The molecule has 2 heterocycles. The number of hydrogen-bond donors (Lipinski definition) is 3. The summed E-state index contributed by atoms with van der Waals surface area (Å²) in [6.07, 6.45) is 4.05. The molecule has 2 aromatic carbocycles. The maximum Gasteiger partial charge on any atom is 0.293 e. The van der Waals surface area contributed by atoms with E-state index in [2.05, 4.69) is 44.2 Å². The summed E-state index contributed by atoms with van der Waals surface area (Å²) in [7, 11) is 1.75. The number of aromatic nitrogens is 2. The first-order chi connectivity index (χ1) is 18.0. The summed E-state index contributed by atoms with van der Waals surface area (Å²) < 4.78 is 20.6. The molecule has 0 bridgehead atoms. The van der Waals surface area contributed by atoms with Crippen molar-refractivity contribution in [1.82, 2.24) is 20.2 Å². The van der Waals surface area contributed by atoms with Gasteiger partial charge in [0.15, 0.2) is 0 Å². The van der Waals surface area contributed by atoms with Crippen molar-refractivity contribution in [3.63, 3.8) is 0 Å². The minimum absolute atomic E-state index is 0.243. The Kier molecular flexibility index (Phi) is 7.65. The Bertz CT molecular complexity index is 1350. The van der Waals surface area contributed by atoms with E-state index in [0.717, 1.165) is 38.0 Å². The van der Waals surface area contributed by atoms with E-state index in [4.69, 9.17) is 4.74 Å². The fourth-order valence-electron chi connectivity index (χ4n) is 4.53. The Labute approximate surface area is 215 Å². The van der Waals surface area contributed by atoms with Crippen molar-refractivity contribution >= 4 is 0 Å². The van der Waals surface area contributed by atoms with Crippen molar-refractivity contribution in [2.75, 3.05) is 26.7 Å². The van der Waals surface area contributed by atoms with Crippen LogP contribution in [0.5, 0.6) is 5.75 Å². The average molecular weight is 503 g/mol. The lowest BCUT2D eigenvalue weighted by atomic mass is 9.92. The molecule has 1 atom stereocenters. The van der Waals surface area contributed by atoms with Crippen LogP contribution in [0.4, 0.5) is 4.39 Å². The molecule has 7 nitrogen and oxygen atoms in total. The second-order valence-corrected chi connectivity index (χ2v) is 9.85. The SMILES string of the molecule is COC1CN(Cc2ccc(C#Cc3ccc(C(CNC4CC4)Cc4nc[nH]c(=O)c4O)c(F)c3)cc2)C1. The second-order valence-electron chi connectivity index (χ2n) is 9.85. The van der Waals surface area contributed by atoms with E-state index < -0.39 is 11.3 Å². The zero-order valence-electron chi connectivity index (χ0n) is 20.8. The largest absolute Gasteiger partial charge is 0.502 e. The number of methoxy groups -OCH3 is 1. The highest BCUT2D eigenvalue weighted by Gasteiger charge is 2.26. The van der Waals surface area contributed by atoms with Gasteiger partial charge in [0.2, 0.25) is 5.75 Å². The van der Waals surface area contributed by atoms with Gasteiger partial charge in [0.25, 0.3) is 5.56 Å². The predicted octanol–water partition coefficient (Wildman–Crippen LogP) is 2.92. The lowest BCUT2D eigenvalue weighted by molar-refractivity contribution is -0.0333. The molecule has 1 aliphatic heterocycles. The summed E-state index contributed by atoms with van der Waals surface area (Å²) in [6, 6.07) is 13.6. The first kappa shape index (κ1) is 25.2. The van der Waals surface area contributed by atoms with Gasteiger partial charge in [0, 0.05) is 62.8 Å². The van der Waals surface area contributed by atoms with E-state index >= 15 is 4.39 Å². The van der Waals surface area contributed by atoms with Gasteiger partial charge in [-0.2, -0.15) is 0 Å². The Morgan fingerprint density at radius 3 is 2.62 bits per heavy atom. The van der Waals surface area contributed by atoms with Gasteiger partial charge in [-0.25, -0.2) is 9.37 Å². The average Bonchev–Trinajstić information content (AvgIpc) is 3.70. The third kappa shape index (κ3) is 6.44. The van der Waals surface area contributed by atoms with Gasteiger partial charge in [0.1, 0.15) is 5.82 Å². The molecule has 0 amide bonds. The molecule has 3 N–H and O–H groups in total. The fraction of sp³-hybridized carbons (Fsp3) is 0.379. The minimum atomic E-state index is -0.599. The lowest BCUT2D eigenvalue weighted by Gasteiger charge is -2.38. The highest BCUT2D eigenvalue weighted by molar-refractivity contribution is 5.45. The van der Waals surface area contributed by atoms with Crippen LogP contribution in [0.3, 0.4) is 0 Å². The van der Waals surface area contributed by atoms with Crippen LogP contribution >= 0.6 is 0 Å². The lowest BCUT2D eigenvalue weighted by Crippen LogP contribution is -2.50. The molecule has 0 spiro atoms. The quantitative estimate of drug-likeness (QED) is 0.390. The van der Waals surface area contributed by atoms with Gasteiger partial charge < -0.3 is 20.1 Å². The summed E-state index contributed by atoms with van der Waals surface area (Å²) in [4.78, 5) is 20.6. The van der Waals surface area contributed by atoms with Crippen molar-refractivity contribution in [1.29, 1.82) is 0 Å². The summed E-state index contributed by atoms with van der Waals surface area (Å²) in [6.45, 7) is 3.33. The van der Waals surface area contributed by atoms with Gasteiger partial charge in [0.05, 0.1) is 18.1 Å². The van der Waals surface area contributed by atoms with Gasteiger partial charge in [-0.1, -0.05) is 30.0 Å². The van der Waals surface area contributed by atoms with Gasteiger partial charge in [-0.05, 0) is 48.2 Å². The monoisotopic (exact) mass is 502 g/mol. The molecule has 3 aromatic rings. The van der Waals surface area contributed by atoms with E-state index in [0.29, 0.717) is 29.8 Å². The van der Waals surface area contributed by atoms with Crippen molar-refractivity contribution in [2.24, 2.45) is 0 Å². The topological polar surface area (TPSA) is 90.5 Å². The maximum absolute atomic E-state index is 15.3. The van der Waals surface area contributed by atoms with Crippen molar-refractivity contribution < 1.29 is 14.2 Å². The number of H-pyrrole nitrogens is 1. The third-order valence-corrected chi connectivity index (χ3v) is 6.98. The van der Waals surface area contributed by atoms with Crippen molar-refractivity contribution in [2.45, 2.75) is 43.9 Å². The zero-order valence-corrected chi connectivity index (χ0v) is 20.8. The van der Waals surface area contributed by atoms with Crippen LogP contribution in [0.1, 0.15) is 46.7 Å². The Morgan fingerprint density at radius 2 is 1.92 bits per heavy atom. The normalized spacial score (nSPS) is 16.6. The van der Waals surface area contributed by atoms with Gasteiger partial charge in [-0.3, -0.25) is 9.69 Å². The summed E-state index contributed by atoms with van der Waals surface area (Å²) in [5.74, 6) is 5.11. The second kappa shape index (κ2) is 11.3. The van der Waals surface area contributed by atoms with Crippen LogP contribution < -0.4 is 10.9 Å². The summed E-state index contributed by atoms with van der Waals surface area (Å²) in [5.41, 5.74) is 2.84. The minimum Gasteiger partial charge on any atom is -0.502 e. The highest BCUT2D eigenvalue weighted by atomic mass is 19.1. The number of aromatic hydroxyl groups is 1. The molecular formula is C29H31FN4O3. The number of halogens is 1. The molecule has 1 aromatic heterocycles. The Balaban J connectivity index is 1.27.